The summed E-state index contributed by atoms with van der Waals surface area (Å²) in [6, 6.07) is 5.80. The van der Waals surface area contributed by atoms with Gasteiger partial charge in [-0.25, -0.2) is 0 Å². The van der Waals surface area contributed by atoms with Gasteiger partial charge in [-0.15, -0.1) is 0 Å². The predicted molar refractivity (Wildman–Crippen MR) is 79.1 cm³/mol. The van der Waals surface area contributed by atoms with E-state index in [2.05, 4.69) is 4.98 Å². The molecule has 4 heteroatoms. The number of carbonyl (C=O) groups is 1. The minimum absolute atomic E-state index is 0.218. The Morgan fingerprint density at radius 2 is 2.00 bits per heavy atom. The van der Waals surface area contributed by atoms with Crippen LogP contribution in [0.5, 0.6) is 5.75 Å². The van der Waals surface area contributed by atoms with E-state index in [0.717, 1.165) is 27.9 Å². The number of aromatic amines is 1. The molecular weight excluding hydrogens is 254 g/mol. The zero-order valence-electron chi connectivity index (χ0n) is 12.7. The topological polar surface area (TPSA) is 51.3 Å². The van der Waals surface area contributed by atoms with Crippen molar-refractivity contribution in [2.45, 2.75) is 39.7 Å². The quantitative estimate of drug-likeness (QED) is 0.874. The number of aryl methyl sites for hydroxylation is 1. The molecule has 4 nitrogen and oxygen atoms in total. The molecule has 0 bridgehead atoms. The van der Waals surface area contributed by atoms with Crippen LogP contribution in [-0.2, 0) is 16.0 Å². The molecule has 2 aromatic rings. The van der Waals surface area contributed by atoms with Gasteiger partial charge in [0.05, 0.1) is 13.5 Å². The van der Waals surface area contributed by atoms with Crippen LogP contribution in [0.2, 0.25) is 0 Å². The van der Waals surface area contributed by atoms with Crippen LogP contribution in [0.1, 0.15) is 32.0 Å². The monoisotopic (exact) mass is 275 g/mol. The van der Waals surface area contributed by atoms with Crippen LogP contribution in [0.15, 0.2) is 18.2 Å². The molecule has 0 aliphatic rings. The lowest BCUT2D eigenvalue weighted by atomic mass is 10.1. The van der Waals surface area contributed by atoms with E-state index in [0.29, 0.717) is 0 Å². The number of hydrogen-bond acceptors (Lipinski definition) is 3. The maximum absolute atomic E-state index is 12.0. The first-order chi connectivity index (χ1) is 9.30. The number of H-pyrrole nitrogens is 1. The van der Waals surface area contributed by atoms with Gasteiger partial charge in [0.2, 0.25) is 0 Å². The molecular formula is C16H21NO3. The summed E-state index contributed by atoms with van der Waals surface area (Å²) in [7, 11) is 1.63. The number of ether oxygens (including phenoxy) is 2. The van der Waals surface area contributed by atoms with Crippen LogP contribution >= 0.6 is 0 Å². The fourth-order valence-corrected chi connectivity index (χ4v) is 2.24. The van der Waals surface area contributed by atoms with Crippen molar-refractivity contribution in [2.75, 3.05) is 7.11 Å². The summed E-state index contributed by atoms with van der Waals surface area (Å²) in [4.78, 5) is 15.3. The normalized spacial score (nSPS) is 11.7. The summed E-state index contributed by atoms with van der Waals surface area (Å²) in [5.41, 5.74) is 2.49. The average Bonchev–Trinajstić information content (AvgIpc) is 2.63. The number of methoxy groups -OCH3 is 1. The van der Waals surface area contributed by atoms with Crippen LogP contribution in [0.4, 0.5) is 0 Å². The molecule has 0 radical (unpaired) electrons. The Morgan fingerprint density at radius 1 is 1.30 bits per heavy atom. The number of benzene rings is 1. The first kappa shape index (κ1) is 14.4. The summed E-state index contributed by atoms with van der Waals surface area (Å²) in [5.74, 6) is 0.561. The van der Waals surface area contributed by atoms with Crippen molar-refractivity contribution >= 4 is 16.9 Å². The minimum atomic E-state index is -0.464. The second-order valence-electron chi connectivity index (χ2n) is 5.90. The van der Waals surface area contributed by atoms with Gasteiger partial charge in [0.15, 0.2) is 0 Å². The predicted octanol–water partition coefficient (Wildman–Crippen LogP) is 3.37. The Kier molecular flexibility index (Phi) is 3.75. The lowest BCUT2D eigenvalue weighted by Gasteiger charge is -2.19. The number of nitrogens with one attached hydrogen (secondary N) is 1. The molecule has 1 aromatic heterocycles. The van der Waals surface area contributed by atoms with Crippen LogP contribution in [0, 0.1) is 6.92 Å². The third-order valence-electron chi connectivity index (χ3n) is 3.07. The second-order valence-corrected chi connectivity index (χ2v) is 5.90. The highest BCUT2D eigenvalue weighted by Crippen LogP contribution is 2.27. The maximum atomic E-state index is 12.0. The van der Waals surface area contributed by atoms with E-state index in [9.17, 15) is 4.79 Å². The van der Waals surface area contributed by atoms with Gasteiger partial charge in [0.25, 0.3) is 0 Å². The van der Waals surface area contributed by atoms with Gasteiger partial charge < -0.3 is 14.5 Å². The molecule has 0 fully saturated rings. The molecule has 0 spiro atoms. The Morgan fingerprint density at radius 3 is 2.60 bits per heavy atom. The molecule has 108 valence electrons. The van der Waals surface area contributed by atoms with Crippen molar-refractivity contribution in [3.05, 3.63) is 29.5 Å². The number of rotatable bonds is 3. The Hall–Kier alpha value is -1.97. The van der Waals surface area contributed by atoms with Crippen LogP contribution in [0.3, 0.4) is 0 Å². The first-order valence-electron chi connectivity index (χ1n) is 6.67. The van der Waals surface area contributed by atoms with E-state index in [1.807, 2.05) is 45.9 Å². The van der Waals surface area contributed by atoms with Crippen LogP contribution in [0.25, 0.3) is 10.9 Å². The third-order valence-corrected chi connectivity index (χ3v) is 3.07. The first-order valence-corrected chi connectivity index (χ1v) is 6.67. The van der Waals surface area contributed by atoms with Crippen molar-refractivity contribution in [3.8, 4) is 5.75 Å². The highest BCUT2D eigenvalue weighted by molar-refractivity contribution is 5.89. The fourth-order valence-electron chi connectivity index (χ4n) is 2.24. The molecule has 0 saturated carbocycles. The summed E-state index contributed by atoms with van der Waals surface area (Å²) in [6.07, 6.45) is 0.260. The highest BCUT2D eigenvalue weighted by Gasteiger charge is 2.19. The second kappa shape index (κ2) is 5.19. The van der Waals surface area contributed by atoms with Gasteiger partial charge in [-0.1, -0.05) is 0 Å². The van der Waals surface area contributed by atoms with Gasteiger partial charge in [-0.2, -0.15) is 0 Å². The zero-order chi connectivity index (χ0) is 14.9. The van der Waals surface area contributed by atoms with E-state index in [-0.39, 0.29) is 12.4 Å². The third kappa shape index (κ3) is 3.13. The van der Waals surface area contributed by atoms with E-state index in [1.54, 1.807) is 7.11 Å². The Labute approximate surface area is 119 Å². The van der Waals surface area contributed by atoms with Gasteiger partial charge in [0.1, 0.15) is 11.4 Å². The largest absolute Gasteiger partial charge is 0.497 e. The molecule has 0 aliphatic carbocycles. The van der Waals surface area contributed by atoms with Crippen molar-refractivity contribution in [1.82, 2.24) is 4.98 Å². The van der Waals surface area contributed by atoms with Crippen molar-refractivity contribution in [3.63, 3.8) is 0 Å². The van der Waals surface area contributed by atoms with Crippen molar-refractivity contribution in [2.24, 2.45) is 0 Å². The van der Waals surface area contributed by atoms with E-state index in [4.69, 9.17) is 9.47 Å². The Balaban J connectivity index is 2.33. The number of aromatic nitrogens is 1. The number of esters is 1. The van der Waals surface area contributed by atoms with E-state index in [1.165, 1.54) is 0 Å². The number of carbonyl (C=O) groups excluding carboxylic acids is 1. The van der Waals surface area contributed by atoms with E-state index >= 15 is 0 Å². The molecule has 1 N–H and O–H groups in total. The van der Waals surface area contributed by atoms with Crippen LogP contribution in [-0.4, -0.2) is 23.7 Å². The summed E-state index contributed by atoms with van der Waals surface area (Å²) < 4.78 is 10.6. The fraction of sp³-hybridized carbons (Fsp3) is 0.438. The molecule has 0 aliphatic heterocycles. The summed E-state index contributed by atoms with van der Waals surface area (Å²) in [6.45, 7) is 7.58. The Bertz CT molecular complexity index is 635. The SMILES string of the molecule is COc1ccc2[nH]c(C)c(CC(=O)OC(C)(C)C)c2c1. The smallest absolute Gasteiger partial charge is 0.310 e. The molecule has 0 atom stereocenters. The molecule has 0 amide bonds. The van der Waals surface area contributed by atoms with Crippen molar-refractivity contribution < 1.29 is 14.3 Å². The molecule has 0 unspecified atom stereocenters. The van der Waals surface area contributed by atoms with E-state index < -0.39 is 5.60 Å². The molecule has 1 heterocycles. The minimum Gasteiger partial charge on any atom is -0.497 e. The van der Waals surface area contributed by atoms with Gasteiger partial charge in [-0.3, -0.25) is 4.79 Å². The number of fused-ring (bicyclic) bond motifs is 1. The van der Waals surface area contributed by atoms with Gasteiger partial charge in [-0.05, 0) is 51.5 Å². The standard InChI is InChI=1S/C16H21NO3/c1-10-12(9-15(18)20-16(2,3)4)13-8-11(19-5)6-7-14(13)17-10/h6-8,17H,9H2,1-5H3. The average molecular weight is 275 g/mol. The summed E-state index contributed by atoms with van der Waals surface area (Å²) >= 11 is 0. The van der Waals surface area contributed by atoms with Crippen molar-refractivity contribution in [1.29, 1.82) is 0 Å². The molecule has 0 saturated heterocycles. The molecule has 20 heavy (non-hydrogen) atoms. The zero-order valence-corrected chi connectivity index (χ0v) is 12.7. The maximum Gasteiger partial charge on any atom is 0.310 e. The molecule has 2 rings (SSSR count). The van der Waals surface area contributed by atoms with Crippen LogP contribution < -0.4 is 4.74 Å². The highest BCUT2D eigenvalue weighted by atomic mass is 16.6. The van der Waals surface area contributed by atoms with Gasteiger partial charge in [0, 0.05) is 16.6 Å². The van der Waals surface area contributed by atoms with Gasteiger partial charge >= 0.3 is 5.97 Å². The molecule has 1 aromatic carbocycles. The lowest BCUT2D eigenvalue weighted by Crippen LogP contribution is -2.25. The lowest BCUT2D eigenvalue weighted by molar-refractivity contribution is -0.153. The summed E-state index contributed by atoms with van der Waals surface area (Å²) in [5, 5.41) is 1.01. The number of hydrogen-bond donors (Lipinski definition) is 1.